The van der Waals surface area contributed by atoms with E-state index in [1.807, 2.05) is 0 Å². The van der Waals surface area contributed by atoms with Crippen LogP contribution in [0, 0.1) is 5.92 Å². The molecule has 0 saturated carbocycles. The molecule has 0 saturated heterocycles. The fourth-order valence-corrected chi connectivity index (χ4v) is 0.515. The molecule has 0 aromatic carbocycles. The predicted molar refractivity (Wildman–Crippen MR) is 37.1 cm³/mol. The van der Waals surface area contributed by atoms with Crippen molar-refractivity contribution < 1.29 is 19.5 Å². The normalized spacial score (nSPS) is 12.2. The summed E-state index contributed by atoms with van der Waals surface area (Å²) in [5.41, 5.74) is 0. The van der Waals surface area contributed by atoms with Crippen molar-refractivity contribution in [3.05, 3.63) is 0 Å². The Morgan fingerprint density at radius 3 is 2.09 bits per heavy atom. The maximum Gasteiger partial charge on any atom is 0.380 e. The highest BCUT2D eigenvalue weighted by molar-refractivity contribution is 6.62. The highest BCUT2D eigenvalue weighted by atomic mass is 16.4. The Morgan fingerprint density at radius 1 is 1.36 bits per heavy atom. The van der Waals surface area contributed by atoms with E-state index in [9.17, 15) is 14.4 Å². The van der Waals surface area contributed by atoms with Crippen molar-refractivity contribution in [2.24, 2.45) is 5.92 Å². The first kappa shape index (κ1) is 9.81. The summed E-state index contributed by atoms with van der Waals surface area (Å²) in [5, 5.41) is 8.13. The van der Waals surface area contributed by atoms with Crippen molar-refractivity contribution in [3.8, 4) is 0 Å². The van der Waals surface area contributed by atoms with Gasteiger partial charge in [-0.2, -0.15) is 0 Å². The number of rotatable bonds is 4. The van der Waals surface area contributed by atoms with Crippen LogP contribution in [-0.2, 0) is 14.4 Å². The molecule has 0 aliphatic heterocycles. The summed E-state index contributed by atoms with van der Waals surface area (Å²) in [4.78, 5) is 31.3. The van der Waals surface area contributed by atoms with E-state index in [2.05, 4.69) is 0 Å². The Labute approximate surface area is 64.2 Å². The van der Waals surface area contributed by atoms with Crippen molar-refractivity contribution in [1.29, 1.82) is 0 Å². The van der Waals surface area contributed by atoms with Crippen LogP contribution in [0.15, 0.2) is 0 Å². The summed E-state index contributed by atoms with van der Waals surface area (Å²) in [6.07, 6.45) is 0.484. The van der Waals surface area contributed by atoms with E-state index >= 15 is 0 Å². The fourth-order valence-electron chi connectivity index (χ4n) is 0.515. The lowest BCUT2D eigenvalue weighted by atomic mass is 10.0. The second kappa shape index (κ2) is 3.85. The van der Waals surface area contributed by atoms with Crippen LogP contribution in [0.25, 0.3) is 0 Å². The monoisotopic (exact) mass is 158 g/mol. The molecule has 0 heterocycles. The molecule has 4 nitrogen and oxygen atoms in total. The highest BCUT2D eigenvalue weighted by Crippen LogP contribution is 2.02. The maximum absolute atomic E-state index is 10.8. The van der Waals surface area contributed by atoms with Crippen molar-refractivity contribution in [1.82, 2.24) is 0 Å². The van der Waals surface area contributed by atoms with Gasteiger partial charge in [0.15, 0.2) is 0 Å². The Balaban J connectivity index is 4.26. The van der Waals surface area contributed by atoms with Crippen molar-refractivity contribution in [2.45, 2.75) is 20.3 Å². The standard InChI is InChI=1S/C7H10O4/c1-3-4(2)5(8)6(9)7(10)11/h4H,3H2,1-2H3,(H,10,11). The fraction of sp³-hybridized carbons (Fsp3) is 0.571. The molecule has 11 heavy (non-hydrogen) atoms. The van der Waals surface area contributed by atoms with Crippen LogP contribution >= 0.6 is 0 Å². The summed E-state index contributed by atoms with van der Waals surface area (Å²) < 4.78 is 0. The molecule has 0 amide bonds. The molecule has 1 N–H and O–H groups in total. The molecule has 0 fully saturated rings. The molecule has 0 aromatic rings. The summed E-state index contributed by atoms with van der Waals surface area (Å²) in [5.74, 6) is -4.30. The Morgan fingerprint density at radius 2 is 1.82 bits per heavy atom. The number of hydrogen-bond donors (Lipinski definition) is 1. The van der Waals surface area contributed by atoms with Gasteiger partial charge in [0.25, 0.3) is 0 Å². The molecule has 0 rings (SSSR count). The third kappa shape index (κ3) is 2.49. The van der Waals surface area contributed by atoms with E-state index in [0.29, 0.717) is 6.42 Å². The van der Waals surface area contributed by atoms with E-state index in [-0.39, 0.29) is 0 Å². The summed E-state index contributed by atoms with van der Waals surface area (Å²) in [7, 11) is 0. The zero-order valence-corrected chi connectivity index (χ0v) is 6.46. The van der Waals surface area contributed by atoms with Gasteiger partial charge in [-0.1, -0.05) is 13.8 Å². The zero-order valence-electron chi connectivity index (χ0n) is 6.46. The van der Waals surface area contributed by atoms with Crippen LogP contribution in [0.4, 0.5) is 0 Å². The third-order valence-electron chi connectivity index (χ3n) is 1.48. The molecular formula is C7H10O4. The quantitative estimate of drug-likeness (QED) is 0.470. The van der Waals surface area contributed by atoms with Gasteiger partial charge in [0.05, 0.1) is 0 Å². The Hall–Kier alpha value is -1.19. The molecule has 0 bridgehead atoms. The Bertz CT molecular complexity index is 195. The topological polar surface area (TPSA) is 71.4 Å². The maximum atomic E-state index is 10.8. The summed E-state index contributed by atoms with van der Waals surface area (Å²) in [6.45, 7) is 3.25. The Kier molecular flexibility index (Phi) is 3.44. The van der Waals surface area contributed by atoms with Crippen LogP contribution in [0.1, 0.15) is 20.3 Å². The highest BCUT2D eigenvalue weighted by Gasteiger charge is 2.25. The second-order valence-corrected chi connectivity index (χ2v) is 2.31. The van der Waals surface area contributed by atoms with E-state index in [0.717, 1.165) is 0 Å². The molecule has 1 atom stereocenters. The number of carbonyl (C=O) groups excluding carboxylic acids is 2. The van der Waals surface area contributed by atoms with Gasteiger partial charge in [-0.15, -0.1) is 0 Å². The average molecular weight is 158 g/mol. The van der Waals surface area contributed by atoms with Gasteiger partial charge in [0.1, 0.15) is 0 Å². The number of carboxylic acids is 1. The first-order chi connectivity index (χ1) is 5.00. The van der Waals surface area contributed by atoms with Crippen LogP contribution < -0.4 is 0 Å². The minimum absolute atomic E-state index is 0.484. The van der Waals surface area contributed by atoms with Crippen molar-refractivity contribution in [3.63, 3.8) is 0 Å². The lowest BCUT2D eigenvalue weighted by Crippen LogP contribution is -2.28. The van der Waals surface area contributed by atoms with Gasteiger partial charge in [-0.3, -0.25) is 9.59 Å². The number of carboxylic acid groups (broad SMARTS) is 1. The van der Waals surface area contributed by atoms with Gasteiger partial charge >= 0.3 is 11.8 Å². The second-order valence-electron chi connectivity index (χ2n) is 2.31. The lowest BCUT2D eigenvalue weighted by Gasteiger charge is -2.01. The molecule has 0 aliphatic carbocycles. The average Bonchev–Trinajstić information content (AvgIpc) is 2.00. The zero-order chi connectivity index (χ0) is 9.02. The van der Waals surface area contributed by atoms with Crippen LogP contribution in [0.2, 0.25) is 0 Å². The molecule has 4 heteroatoms. The number of hydrogen-bond acceptors (Lipinski definition) is 3. The number of ketones is 2. The summed E-state index contributed by atoms with van der Waals surface area (Å²) in [6, 6.07) is 0. The lowest BCUT2D eigenvalue weighted by molar-refractivity contribution is -0.153. The molecule has 0 aromatic heterocycles. The van der Waals surface area contributed by atoms with E-state index < -0.39 is 23.5 Å². The van der Waals surface area contributed by atoms with Gasteiger partial charge in [-0.05, 0) is 6.42 Å². The minimum Gasteiger partial charge on any atom is -0.475 e. The molecule has 1 unspecified atom stereocenters. The number of Topliss-reactive ketones (excluding diaryl/α,β-unsaturated/α-hetero) is 2. The molecule has 0 aliphatic rings. The molecular weight excluding hydrogens is 148 g/mol. The van der Waals surface area contributed by atoms with Gasteiger partial charge < -0.3 is 5.11 Å². The van der Waals surface area contributed by atoms with Crippen molar-refractivity contribution in [2.75, 3.05) is 0 Å². The van der Waals surface area contributed by atoms with Gasteiger partial charge in [0, 0.05) is 5.92 Å². The molecule has 0 spiro atoms. The largest absolute Gasteiger partial charge is 0.475 e. The first-order valence-electron chi connectivity index (χ1n) is 3.32. The van der Waals surface area contributed by atoms with E-state index in [1.54, 1.807) is 6.92 Å². The summed E-state index contributed by atoms with van der Waals surface area (Å²) >= 11 is 0. The molecule has 62 valence electrons. The third-order valence-corrected chi connectivity index (χ3v) is 1.48. The minimum atomic E-state index is -1.67. The van der Waals surface area contributed by atoms with Crippen LogP contribution in [0.5, 0.6) is 0 Å². The van der Waals surface area contributed by atoms with Crippen molar-refractivity contribution >= 4 is 17.5 Å². The smallest absolute Gasteiger partial charge is 0.380 e. The van der Waals surface area contributed by atoms with E-state index in [4.69, 9.17) is 5.11 Å². The van der Waals surface area contributed by atoms with Crippen LogP contribution in [0.3, 0.4) is 0 Å². The first-order valence-corrected chi connectivity index (χ1v) is 3.32. The number of aliphatic carboxylic acids is 1. The van der Waals surface area contributed by atoms with Gasteiger partial charge in [-0.25, -0.2) is 4.79 Å². The number of carbonyl (C=O) groups is 3. The predicted octanol–water partition coefficient (Wildman–Crippen LogP) is 0.255. The van der Waals surface area contributed by atoms with Crippen LogP contribution in [-0.4, -0.2) is 22.6 Å². The van der Waals surface area contributed by atoms with Gasteiger partial charge in [0.2, 0.25) is 5.78 Å². The molecule has 0 radical (unpaired) electrons. The van der Waals surface area contributed by atoms with E-state index in [1.165, 1.54) is 6.92 Å². The SMILES string of the molecule is CCC(C)C(=O)C(=O)C(=O)O.